The monoisotopic (exact) mass is 398 g/mol. The van der Waals surface area contributed by atoms with Crippen molar-refractivity contribution in [3.8, 4) is 0 Å². The van der Waals surface area contributed by atoms with Crippen molar-refractivity contribution in [1.82, 2.24) is 9.97 Å². The van der Waals surface area contributed by atoms with Crippen LogP contribution in [-0.2, 0) is 14.4 Å². The number of carbonyl (C=O) groups excluding carboxylic acids is 2. The molecule has 1 aliphatic heterocycles. The lowest BCUT2D eigenvalue weighted by Crippen LogP contribution is -2.28. The third-order valence-electron chi connectivity index (χ3n) is 4.57. The van der Waals surface area contributed by atoms with Crippen LogP contribution in [0.5, 0.6) is 0 Å². The number of H-pyrrole nitrogens is 1. The number of para-hydroxylation sites is 1. The van der Waals surface area contributed by atoms with E-state index in [0.717, 1.165) is 16.6 Å². The van der Waals surface area contributed by atoms with E-state index in [2.05, 4.69) is 15.3 Å². The van der Waals surface area contributed by atoms with Gasteiger partial charge in [0.2, 0.25) is 17.8 Å². The Morgan fingerprint density at radius 2 is 2.07 bits per heavy atom. The molecule has 3 N–H and O–H groups in total. The van der Waals surface area contributed by atoms with Crippen molar-refractivity contribution in [2.45, 2.75) is 13.3 Å². The summed E-state index contributed by atoms with van der Waals surface area (Å²) >= 11 is 0. The molecule has 29 heavy (non-hydrogen) atoms. The van der Waals surface area contributed by atoms with Gasteiger partial charge in [0.15, 0.2) is 0 Å². The quantitative estimate of drug-likeness (QED) is 0.587. The predicted molar refractivity (Wildman–Crippen MR) is 105 cm³/mol. The van der Waals surface area contributed by atoms with Gasteiger partial charge in [0.05, 0.1) is 17.0 Å². The molecule has 1 fully saturated rings. The number of nitrogens with one attached hydrogen (secondary N) is 2. The summed E-state index contributed by atoms with van der Waals surface area (Å²) < 4.78 is 13.4. The normalized spacial score (nSPS) is 15.7. The first-order valence-electron chi connectivity index (χ1n) is 8.83. The first kappa shape index (κ1) is 20.0. The van der Waals surface area contributed by atoms with Crippen LogP contribution < -0.4 is 10.2 Å². The number of hydrogen-bond acceptors (Lipinski definition) is 4. The number of nitrogens with zero attached hydrogens (tertiary/aromatic N) is 2. The van der Waals surface area contributed by atoms with Gasteiger partial charge in [-0.1, -0.05) is 18.2 Å². The van der Waals surface area contributed by atoms with Crippen LogP contribution in [0.25, 0.3) is 11.0 Å². The summed E-state index contributed by atoms with van der Waals surface area (Å²) in [7, 11) is 0. The van der Waals surface area contributed by atoms with Crippen LogP contribution in [0.3, 0.4) is 0 Å². The number of aromatic amines is 1. The smallest absolute Gasteiger partial charge is 0.290 e. The Hall–Kier alpha value is -3.75. The fraction of sp³-hybridized carbons (Fsp3) is 0.200. The minimum Gasteiger partial charge on any atom is -0.483 e. The Labute approximate surface area is 165 Å². The molecular weight excluding hydrogens is 379 g/mol. The van der Waals surface area contributed by atoms with E-state index in [1.54, 1.807) is 12.1 Å². The highest BCUT2D eigenvalue weighted by atomic mass is 19.1. The molecule has 1 aliphatic rings. The highest BCUT2D eigenvalue weighted by molar-refractivity contribution is 6.03. The second kappa shape index (κ2) is 8.51. The third kappa shape index (κ3) is 4.40. The molecule has 2 aromatic carbocycles. The highest BCUT2D eigenvalue weighted by Gasteiger charge is 2.35. The van der Waals surface area contributed by atoms with E-state index in [1.807, 2.05) is 25.1 Å². The van der Waals surface area contributed by atoms with Crippen molar-refractivity contribution < 1.29 is 23.9 Å². The van der Waals surface area contributed by atoms with Crippen LogP contribution in [0.15, 0.2) is 42.5 Å². The number of carboxylic acid groups (broad SMARTS) is 1. The van der Waals surface area contributed by atoms with E-state index < -0.39 is 11.7 Å². The number of benzene rings is 2. The number of carbonyl (C=O) groups is 3. The van der Waals surface area contributed by atoms with Gasteiger partial charge in [-0.15, -0.1) is 0 Å². The van der Waals surface area contributed by atoms with Gasteiger partial charge in [0.25, 0.3) is 6.47 Å². The molecule has 0 spiro atoms. The number of hydrogen-bond donors (Lipinski definition) is 3. The first-order chi connectivity index (χ1) is 13.9. The van der Waals surface area contributed by atoms with E-state index in [9.17, 15) is 14.0 Å². The summed E-state index contributed by atoms with van der Waals surface area (Å²) in [5, 5.41) is 9.63. The molecule has 150 valence electrons. The average molecular weight is 398 g/mol. The molecule has 1 saturated heterocycles. The molecule has 4 rings (SSSR count). The number of rotatable bonds is 3. The predicted octanol–water partition coefficient (Wildman–Crippen LogP) is 2.70. The van der Waals surface area contributed by atoms with Gasteiger partial charge in [0.1, 0.15) is 5.82 Å². The van der Waals surface area contributed by atoms with Crippen molar-refractivity contribution in [1.29, 1.82) is 0 Å². The molecule has 0 bridgehead atoms. The standard InChI is InChI=1S/C19H17FN4O2.CH2O2/c1-11-4-2-7-15-17(11)22-19(21-15)23-18(26)12-8-16(25)24(10-12)14-6-3-5-13(20)9-14;2-1-3/h2-7,9,12H,8,10H2,1H3,(H2,21,22,23,26);1H,(H,2,3). The molecule has 0 aliphatic carbocycles. The van der Waals surface area contributed by atoms with Gasteiger partial charge in [-0.25, -0.2) is 9.37 Å². The van der Waals surface area contributed by atoms with Crippen LogP contribution in [0.4, 0.5) is 16.0 Å². The highest BCUT2D eigenvalue weighted by Crippen LogP contribution is 2.26. The number of anilines is 2. The Bertz CT molecular complexity index is 1070. The zero-order valence-corrected chi connectivity index (χ0v) is 15.6. The van der Waals surface area contributed by atoms with Crippen molar-refractivity contribution in [2.75, 3.05) is 16.8 Å². The molecule has 2 amide bonds. The molecule has 1 unspecified atom stereocenters. The molecule has 1 atom stereocenters. The maximum Gasteiger partial charge on any atom is 0.290 e. The topological polar surface area (TPSA) is 115 Å². The van der Waals surface area contributed by atoms with Crippen molar-refractivity contribution in [2.24, 2.45) is 5.92 Å². The van der Waals surface area contributed by atoms with E-state index in [0.29, 0.717) is 11.6 Å². The van der Waals surface area contributed by atoms with E-state index in [4.69, 9.17) is 9.90 Å². The zero-order chi connectivity index (χ0) is 21.0. The van der Waals surface area contributed by atoms with Gasteiger partial charge in [-0.3, -0.25) is 19.7 Å². The Balaban J connectivity index is 0.000000755. The Kier molecular flexibility index (Phi) is 5.87. The number of halogens is 1. The molecular formula is C20H19FN4O4. The van der Waals surface area contributed by atoms with Gasteiger partial charge < -0.3 is 15.0 Å². The van der Waals surface area contributed by atoms with Crippen molar-refractivity contribution >= 4 is 41.0 Å². The summed E-state index contributed by atoms with van der Waals surface area (Å²) in [6.07, 6.45) is 0.0849. The van der Waals surface area contributed by atoms with Gasteiger partial charge in [-0.05, 0) is 36.8 Å². The average Bonchev–Trinajstić information content (AvgIpc) is 3.26. The summed E-state index contributed by atoms with van der Waals surface area (Å²) in [5.41, 5.74) is 3.10. The summed E-state index contributed by atoms with van der Waals surface area (Å²) in [6.45, 7) is 1.91. The molecule has 8 nitrogen and oxygen atoms in total. The lowest BCUT2D eigenvalue weighted by atomic mass is 10.1. The van der Waals surface area contributed by atoms with Gasteiger partial charge >= 0.3 is 0 Å². The van der Waals surface area contributed by atoms with E-state index in [-0.39, 0.29) is 31.3 Å². The molecule has 1 aromatic heterocycles. The maximum absolute atomic E-state index is 13.4. The van der Waals surface area contributed by atoms with E-state index in [1.165, 1.54) is 17.0 Å². The summed E-state index contributed by atoms with van der Waals surface area (Å²) in [5.74, 6) is -1.05. The van der Waals surface area contributed by atoms with Crippen LogP contribution in [0.1, 0.15) is 12.0 Å². The van der Waals surface area contributed by atoms with Gasteiger partial charge in [-0.2, -0.15) is 0 Å². The molecule has 0 saturated carbocycles. The lowest BCUT2D eigenvalue weighted by molar-refractivity contribution is -0.123. The minimum absolute atomic E-state index is 0.0849. The second-order valence-corrected chi connectivity index (χ2v) is 6.54. The Morgan fingerprint density at radius 1 is 1.34 bits per heavy atom. The van der Waals surface area contributed by atoms with Crippen molar-refractivity contribution in [3.63, 3.8) is 0 Å². The largest absolute Gasteiger partial charge is 0.483 e. The number of amides is 2. The number of aryl methyl sites for hydroxylation is 1. The minimum atomic E-state index is -0.514. The van der Waals surface area contributed by atoms with Crippen LogP contribution >= 0.6 is 0 Å². The third-order valence-corrected chi connectivity index (χ3v) is 4.57. The zero-order valence-electron chi connectivity index (χ0n) is 15.6. The molecule has 3 aromatic rings. The van der Waals surface area contributed by atoms with Crippen LogP contribution in [0.2, 0.25) is 0 Å². The van der Waals surface area contributed by atoms with Crippen LogP contribution in [0, 0.1) is 18.7 Å². The fourth-order valence-electron chi connectivity index (χ4n) is 3.23. The number of fused-ring (bicyclic) bond motifs is 1. The first-order valence-corrected chi connectivity index (χ1v) is 8.83. The van der Waals surface area contributed by atoms with Crippen molar-refractivity contribution in [3.05, 3.63) is 53.8 Å². The molecule has 9 heteroatoms. The van der Waals surface area contributed by atoms with Crippen LogP contribution in [-0.4, -0.2) is 39.9 Å². The summed E-state index contributed by atoms with van der Waals surface area (Å²) in [6, 6.07) is 11.5. The lowest BCUT2D eigenvalue weighted by Gasteiger charge is -2.16. The number of aromatic nitrogens is 2. The van der Waals surface area contributed by atoms with Gasteiger partial charge in [0, 0.05) is 18.7 Å². The fourth-order valence-corrected chi connectivity index (χ4v) is 3.23. The molecule has 2 heterocycles. The van der Waals surface area contributed by atoms with E-state index >= 15 is 0 Å². The maximum atomic E-state index is 13.4. The SMILES string of the molecule is Cc1cccc2[nH]c(NC(=O)C3CC(=O)N(c4cccc(F)c4)C3)nc12.O=CO. The number of imidazole rings is 1. The molecule has 0 radical (unpaired) electrons. The summed E-state index contributed by atoms with van der Waals surface area (Å²) in [4.78, 5) is 42.0. The Morgan fingerprint density at radius 3 is 2.76 bits per heavy atom. The second-order valence-electron chi connectivity index (χ2n) is 6.54.